The van der Waals surface area contributed by atoms with Crippen LogP contribution in [-0.4, -0.2) is 55.4 Å². The highest BCUT2D eigenvalue weighted by atomic mass is 16.5. The molecule has 0 aromatic carbocycles. The maximum atomic E-state index is 5.65. The van der Waals surface area contributed by atoms with Crippen molar-refractivity contribution < 1.29 is 4.74 Å². The van der Waals surface area contributed by atoms with Crippen LogP contribution in [0.15, 0.2) is 36.9 Å². The molecule has 2 N–H and O–H groups in total. The lowest BCUT2D eigenvalue weighted by molar-refractivity contribution is 0.101. The molecule has 30 heavy (non-hydrogen) atoms. The Morgan fingerprint density at radius 3 is 2.80 bits per heavy atom. The van der Waals surface area contributed by atoms with Gasteiger partial charge >= 0.3 is 0 Å². The molecule has 1 aliphatic carbocycles. The van der Waals surface area contributed by atoms with Gasteiger partial charge in [0.1, 0.15) is 11.8 Å². The van der Waals surface area contributed by atoms with Crippen molar-refractivity contribution in [3.05, 3.63) is 36.9 Å². The van der Waals surface area contributed by atoms with Crippen molar-refractivity contribution in [1.82, 2.24) is 34.5 Å². The van der Waals surface area contributed by atoms with Crippen molar-refractivity contribution in [2.24, 2.45) is 5.41 Å². The van der Waals surface area contributed by atoms with Gasteiger partial charge in [-0.15, -0.1) is 5.10 Å². The second-order valence-corrected chi connectivity index (χ2v) is 8.47. The molecule has 2 aliphatic rings. The van der Waals surface area contributed by atoms with Crippen LogP contribution in [0.5, 0.6) is 5.88 Å². The van der Waals surface area contributed by atoms with E-state index in [-0.39, 0.29) is 0 Å². The normalized spacial score (nSPS) is 18.7. The summed E-state index contributed by atoms with van der Waals surface area (Å²) in [5.41, 5.74) is 4.19. The van der Waals surface area contributed by atoms with Crippen LogP contribution in [0.4, 0.5) is 5.95 Å². The molecule has 0 radical (unpaired) electrons. The second kappa shape index (κ2) is 6.66. The summed E-state index contributed by atoms with van der Waals surface area (Å²) in [6.45, 7) is 2.34. The number of hydrogen-bond donors (Lipinski definition) is 2. The van der Waals surface area contributed by atoms with Gasteiger partial charge in [-0.3, -0.25) is 0 Å². The highest BCUT2D eigenvalue weighted by Crippen LogP contribution is 2.40. The summed E-state index contributed by atoms with van der Waals surface area (Å²) in [5, 5.41) is 15.9. The second-order valence-electron chi connectivity index (χ2n) is 8.47. The monoisotopic (exact) mass is 404 g/mol. The highest BCUT2D eigenvalue weighted by Gasteiger charge is 2.40. The Kier molecular flexibility index (Phi) is 3.92. The van der Waals surface area contributed by atoms with Crippen LogP contribution in [-0.2, 0) is 0 Å². The topological polar surface area (TPSA) is 93.7 Å². The number of fused-ring (bicyclic) bond motifs is 2. The van der Waals surface area contributed by atoms with Crippen molar-refractivity contribution in [1.29, 1.82) is 0 Å². The van der Waals surface area contributed by atoms with Crippen LogP contribution in [0.2, 0.25) is 0 Å². The fraction of sp³-hybridized carbons (Fsp3) is 0.429. The molecule has 0 unspecified atom stereocenters. The predicted octanol–water partition coefficient (Wildman–Crippen LogP) is 2.39. The smallest absolute Gasteiger partial charge is 0.244 e. The summed E-state index contributed by atoms with van der Waals surface area (Å²) in [7, 11) is 1.65. The van der Waals surface area contributed by atoms with Gasteiger partial charge in [-0.2, -0.15) is 10.1 Å². The maximum absolute atomic E-state index is 5.65. The van der Waals surface area contributed by atoms with Crippen molar-refractivity contribution >= 4 is 17.1 Å². The average Bonchev–Trinajstić information content (AvgIpc) is 3.39. The molecule has 2 fully saturated rings. The Morgan fingerprint density at radius 2 is 2.03 bits per heavy atom. The van der Waals surface area contributed by atoms with Gasteiger partial charge in [-0.05, 0) is 49.3 Å². The van der Waals surface area contributed by atoms with Crippen LogP contribution in [0.25, 0.3) is 22.3 Å². The first-order valence-electron chi connectivity index (χ1n) is 10.4. The minimum absolute atomic E-state index is 0.406. The summed E-state index contributed by atoms with van der Waals surface area (Å²) in [5.74, 6) is 1.17. The van der Waals surface area contributed by atoms with Crippen LogP contribution in [0.1, 0.15) is 25.7 Å². The first kappa shape index (κ1) is 17.6. The summed E-state index contributed by atoms with van der Waals surface area (Å²) < 4.78 is 9.26. The van der Waals surface area contributed by atoms with Gasteiger partial charge < -0.3 is 15.4 Å². The Bertz CT molecular complexity index is 1210. The Balaban J connectivity index is 1.31. The highest BCUT2D eigenvalue weighted by molar-refractivity contribution is 5.84. The third-order valence-electron chi connectivity index (χ3n) is 6.64. The zero-order chi connectivity index (χ0) is 20.1. The number of ether oxygens (including phenoxy) is 1. The molecular weight excluding hydrogens is 380 g/mol. The number of anilines is 1. The van der Waals surface area contributed by atoms with Crippen molar-refractivity contribution in [3.63, 3.8) is 0 Å². The fourth-order valence-corrected chi connectivity index (χ4v) is 4.79. The van der Waals surface area contributed by atoms with Gasteiger partial charge in [-0.25, -0.2) is 14.0 Å². The number of nitrogens with zero attached hydrogens (tertiary/aromatic N) is 6. The van der Waals surface area contributed by atoms with Gasteiger partial charge in [0.05, 0.1) is 7.11 Å². The Labute approximate surface area is 173 Å². The summed E-state index contributed by atoms with van der Waals surface area (Å²) in [6, 6.07) is 6.41. The van der Waals surface area contributed by atoms with Gasteiger partial charge in [0.15, 0.2) is 5.65 Å². The van der Waals surface area contributed by atoms with E-state index in [4.69, 9.17) is 9.84 Å². The zero-order valence-electron chi connectivity index (χ0n) is 16.9. The molecule has 1 spiro atoms. The van der Waals surface area contributed by atoms with Crippen molar-refractivity contribution in [3.8, 4) is 17.0 Å². The van der Waals surface area contributed by atoms with E-state index >= 15 is 0 Å². The number of methoxy groups -OCH3 is 1. The SMILES string of the molecule is COc1nc(NC2CCC3(CC2)CNC3)nn2ccc(-c3ccc4ncnn4c3)c12. The maximum Gasteiger partial charge on any atom is 0.244 e. The number of hydrogen-bond acceptors (Lipinski definition) is 7. The average molecular weight is 404 g/mol. The standard InChI is InChI=1S/C21H24N8O/c1-30-19-18-16(14-2-3-17-23-13-24-29(17)10-14)6-9-28(18)27-20(26-19)25-15-4-7-21(8-5-15)11-22-12-21/h2-3,6,9-10,13,15,22H,4-5,7-8,11-12H2,1H3,(H,25,27). The zero-order valence-corrected chi connectivity index (χ0v) is 16.9. The van der Waals surface area contributed by atoms with Crippen LogP contribution >= 0.6 is 0 Å². The molecule has 4 aromatic heterocycles. The van der Waals surface area contributed by atoms with Gasteiger partial charge in [0, 0.05) is 42.7 Å². The van der Waals surface area contributed by atoms with E-state index in [9.17, 15) is 0 Å². The molecule has 1 saturated carbocycles. The number of aromatic nitrogens is 6. The quantitative estimate of drug-likeness (QED) is 0.539. The van der Waals surface area contributed by atoms with E-state index in [0.29, 0.717) is 23.3 Å². The molecule has 9 nitrogen and oxygen atoms in total. The first-order valence-corrected chi connectivity index (χ1v) is 10.4. The number of rotatable bonds is 4. The molecule has 6 rings (SSSR count). The number of pyridine rings is 1. The van der Waals surface area contributed by atoms with Crippen molar-refractivity contribution in [2.45, 2.75) is 31.7 Å². The van der Waals surface area contributed by atoms with E-state index in [1.54, 1.807) is 18.0 Å². The van der Waals surface area contributed by atoms with Crippen LogP contribution < -0.4 is 15.4 Å². The lowest BCUT2D eigenvalue weighted by Gasteiger charge is -2.47. The van der Waals surface area contributed by atoms with Gasteiger partial charge in [0.25, 0.3) is 0 Å². The molecule has 0 amide bonds. The Hall–Kier alpha value is -3.20. The summed E-state index contributed by atoms with van der Waals surface area (Å²) >= 11 is 0. The third kappa shape index (κ3) is 2.80. The minimum atomic E-state index is 0.406. The number of nitrogens with one attached hydrogen (secondary N) is 2. The van der Waals surface area contributed by atoms with Gasteiger partial charge in [-0.1, -0.05) is 0 Å². The van der Waals surface area contributed by atoms with E-state index in [0.717, 1.165) is 35.1 Å². The minimum Gasteiger partial charge on any atom is -0.479 e. The molecule has 1 saturated heterocycles. The molecule has 5 heterocycles. The van der Waals surface area contributed by atoms with E-state index in [1.807, 2.05) is 35.1 Å². The Morgan fingerprint density at radius 1 is 1.17 bits per heavy atom. The third-order valence-corrected chi connectivity index (χ3v) is 6.64. The van der Waals surface area contributed by atoms with Gasteiger partial charge in [0.2, 0.25) is 11.8 Å². The fourth-order valence-electron chi connectivity index (χ4n) is 4.79. The first-order chi connectivity index (χ1) is 14.7. The molecule has 9 heteroatoms. The predicted molar refractivity (Wildman–Crippen MR) is 113 cm³/mol. The lowest BCUT2D eigenvalue weighted by Crippen LogP contribution is -2.55. The summed E-state index contributed by atoms with van der Waals surface area (Å²) in [6.07, 6.45) is 10.3. The van der Waals surface area contributed by atoms with Crippen LogP contribution in [0.3, 0.4) is 0 Å². The molecule has 4 aromatic rings. The van der Waals surface area contributed by atoms with E-state index < -0.39 is 0 Å². The molecule has 1 aliphatic heterocycles. The largest absolute Gasteiger partial charge is 0.479 e. The van der Waals surface area contributed by atoms with E-state index in [1.165, 1.54) is 25.9 Å². The van der Waals surface area contributed by atoms with Crippen molar-refractivity contribution in [2.75, 3.05) is 25.5 Å². The summed E-state index contributed by atoms with van der Waals surface area (Å²) in [4.78, 5) is 8.89. The van der Waals surface area contributed by atoms with Crippen LogP contribution in [0, 0.1) is 5.41 Å². The molecule has 0 bridgehead atoms. The molecule has 0 atom stereocenters. The molecule has 154 valence electrons. The molecular formula is C21H24N8O. The lowest BCUT2D eigenvalue weighted by atomic mass is 9.68. The van der Waals surface area contributed by atoms with E-state index in [2.05, 4.69) is 25.7 Å².